The molecule has 1 aromatic carbocycles. The molecule has 1 aromatic rings. The molecule has 1 aliphatic rings. The minimum Gasteiger partial charge on any atom is -0.183 e. The van der Waals surface area contributed by atoms with Crippen LogP contribution in [-0.2, 0) is 0 Å². The highest BCUT2D eigenvalue weighted by Crippen LogP contribution is 2.59. The molecular weight excluding hydrogens is 258 g/mol. The van der Waals surface area contributed by atoms with Crippen LogP contribution in [0.1, 0.15) is 5.56 Å². The third-order valence-electron chi connectivity index (χ3n) is 1.87. The maximum atomic E-state index is 13.0. The van der Waals surface area contributed by atoms with Gasteiger partial charge in [0.15, 0.2) is 0 Å². The van der Waals surface area contributed by atoms with Crippen molar-refractivity contribution in [3.8, 4) is 0 Å². The monoisotopic (exact) mass is 264 g/mol. The second-order valence-corrected chi connectivity index (χ2v) is 6.40. The van der Waals surface area contributed by atoms with Gasteiger partial charge in [-0.2, -0.15) is 8.78 Å². The highest BCUT2D eigenvalue weighted by Gasteiger charge is 2.35. The van der Waals surface area contributed by atoms with E-state index in [0.717, 1.165) is 10.5 Å². The molecule has 0 fully saturated rings. The normalized spacial score (nSPS) is 23.2. The van der Waals surface area contributed by atoms with Gasteiger partial charge in [-0.05, 0) is 23.1 Å². The molecule has 1 atom stereocenters. The van der Waals surface area contributed by atoms with Gasteiger partial charge in [-0.15, -0.1) is 10.9 Å². The molecule has 0 saturated carbocycles. The molecule has 1 heterocycles. The van der Waals surface area contributed by atoms with E-state index in [1.54, 1.807) is 23.6 Å². The van der Waals surface area contributed by atoms with Crippen LogP contribution in [-0.4, -0.2) is 4.16 Å². The molecule has 0 amide bonds. The number of hydrogen-bond donors (Lipinski definition) is 1. The number of rotatable bonds is 1. The van der Waals surface area contributed by atoms with Gasteiger partial charge in [-0.3, -0.25) is 0 Å². The Labute approximate surface area is 86.1 Å². The van der Waals surface area contributed by atoms with E-state index in [1.165, 1.54) is 0 Å². The molecule has 1 unspecified atom stereocenters. The third kappa shape index (κ3) is 1.65. The summed E-state index contributed by atoms with van der Waals surface area (Å²) >= 11 is 2.42. The van der Waals surface area contributed by atoms with Crippen molar-refractivity contribution >= 4 is 32.9 Å². The van der Waals surface area contributed by atoms with Crippen molar-refractivity contribution in [1.82, 2.24) is 0 Å². The molecule has 0 aliphatic carbocycles. The fourth-order valence-corrected chi connectivity index (χ4v) is 3.82. The van der Waals surface area contributed by atoms with Gasteiger partial charge in [-0.1, -0.05) is 18.2 Å². The minimum absolute atomic E-state index is 0.749. The van der Waals surface area contributed by atoms with Crippen LogP contribution in [0.5, 0.6) is 0 Å². The third-order valence-corrected chi connectivity index (χ3v) is 4.94. The molecule has 0 bridgehead atoms. The first-order valence-electron chi connectivity index (χ1n) is 3.72. The molecule has 0 spiro atoms. The fraction of sp³-hybridized carbons (Fsp3) is 0.111. The minimum atomic E-state index is -2.79. The van der Waals surface area contributed by atoms with Gasteiger partial charge < -0.3 is 0 Å². The van der Waals surface area contributed by atoms with E-state index in [4.69, 9.17) is 0 Å². The standard InChI is InChI=1S/C9H7BrF2S/c10-9(11,12)13-6-5-7-3-1-2-4-8(7)13/h1-6,13H. The van der Waals surface area contributed by atoms with Crippen molar-refractivity contribution < 1.29 is 8.78 Å². The maximum absolute atomic E-state index is 13.0. The molecule has 0 N–H and O–H groups in total. The molecule has 2 rings (SSSR count). The van der Waals surface area contributed by atoms with E-state index < -0.39 is 15.1 Å². The van der Waals surface area contributed by atoms with E-state index in [-0.39, 0.29) is 0 Å². The quantitative estimate of drug-likeness (QED) is 0.576. The van der Waals surface area contributed by atoms with Gasteiger partial charge in [0.25, 0.3) is 0 Å². The highest BCUT2D eigenvalue weighted by atomic mass is 79.9. The summed E-state index contributed by atoms with van der Waals surface area (Å²) in [6, 6.07) is 7.26. The van der Waals surface area contributed by atoms with Crippen LogP contribution in [0.4, 0.5) is 8.78 Å². The summed E-state index contributed by atoms with van der Waals surface area (Å²) in [5.74, 6) is 0. The maximum Gasteiger partial charge on any atom is 0.338 e. The number of alkyl halides is 3. The molecular formula is C9H7BrF2S. The number of fused-ring (bicyclic) bond motifs is 1. The lowest BCUT2D eigenvalue weighted by Crippen LogP contribution is -2.02. The molecule has 4 heteroatoms. The van der Waals surface area contributed by atoms with Gasteiger partial charge in [0.2, 0.25) is 0 Å². The van der Waals surface area contributed by atoms with Gasteiger partial charge >= 0.3 is 4.16 Å². The summed E-state index contributed by atoms with van der Waals surface area (Å²) < 4.78 is 23.2. The topological polar surface area (TPSA) is 0 Å². The van der Waals surface area contributed by atoms with Gasteiger partial charge in [-0.25, -0.2) is 0 Å². The Balaban J connectivity index is 2.45. The Kier molecular flexibility index (Phi) is 2.20. The summed E-state index contributed by atoms with van der Waals surface area (Å²) in [6.45, 7) is 0. The van der Waals surface area contributed by atoms with E-state index in [1.807, 2.05) is 12.1 Å². The number of hydrogen-bond acceptors (Lipinski definition) is 0. The summed E-state index contributed by atoms with van der Waals surface area (Å²) in [7, 11) is -1.50. The van der Waals surface area contributed by atoms with Crippen molar-refractivity contribution in [2.45, 2.75) is 9.06 Å². The van der Waals surface area contributed by atoms with Gasteiger partial charge in [0, 0.05) is 20.8 Å². The van der Waals surface area contributed by atoms with Crippen molar-refractivity contribution in [1.29, 1.82) is 0 Å². The van der Waals surface area contributed by atoms with E-state index in [0.29, 0.717) is 0 Å². The zero-order valence-corrected chi connectivity index (χ0v) is 9.03. The lowest BCUT2D eigenvalue weighted by Gasteiger charge is -2.20. The van der Waals surface area contributed by atoms with Crippen LogP contribution in [0, 0.1) is 0 Å². The predicted octanol–water partition coefficient (Wildman–Crippen LogP) is 3.98. The second-order valence-electron chi connectivity index (χ2n) is 2.71. The molecule has 70 valence electrons. The molecule has 0 radical (unpaired) electrons. The first kappa shape index (κ1) is 9.21. The zero-order chi connectivity index (χ0) is 9.47. The predicted molar refractivity (Wildman–Crippen MR) is 56.6 cm³/mol. The molecule has 13 heavy (non-hydrogen) atoms. The van der Waals surface area contributed by atoms with E-state index >= 15 is 0 Å². The van der Waals surface area contributed by atoms with Crippen LogP contribution < -0.4 is 0 Å². The summed E-state index contributed by atoms with van der Waals surface area (Å²) in [5.41, 5.74) is 0.910. The first-order chi connectivity index (χ1) is 6.09. The summed E-state index contributed by atoms with van der Waals surface area (Å²) in [4.78, 5) is 0.749. The van der Waals surface area contributed by atoms with Crippen LogP contribution in [0.2, 0.25) is 0 Å². The number of thiol groups is 1. The van der Waals surface area contributed by atoms with Gasteiger partial charge in [0.1, 0.15) is 0 Å². The summed E-state index contributed by atoms with van der Waals surface area (Å²) in [6.07, 6.45) is 1.76. The fourth-order valence-electron chi connectivity index (χ4n) is 1.30. The Morgan fingerprint density at radius 3 is 2.62 bits per heavy atom. The number of benzene rings is 1. The molecule has 0 saturated heterocycles. The van der Waals surface area contributed by atoms with Crippen LogP contribution >= 0.6 is 26.8 Å². The largest absolute Gasteiger partial charge is 0.338 e. The van der Waals surface area contributed by atoms with E-state index in [2.05, 4.69) is 15.9 Å². The average Bonchev–Trinajstić information content (AvgIpc) is 2.45. The molecule has 0 aromatic heterocycles. The number of halogens is 3. The Morgan fingerprint density at radius 1 is 1.23 bits per heavy atom. The van der Waals surface area contributed by atoms with Crippen molar-refractivity contribution in [2.75, 3.05) is 0 Å². The van der Waals surface area contributed by atoms with E-state index in [9.17, 15) is 8.78 Å². The van der Waals surface area contributed by atoms with Crippen molar-refractivity contribution in [3.05, 3.63) is 35.2 Å². The molecule has 1 aliphatic heterocycles. The van der Waals surface area contributed by atoms with Crippen molar-refractivity contribution in [3.63, 3.8) is 0 Å². The smallest absolute Gasteiger partial charge is 0.183 e. The highest BCUT2D eigenvalue weighted by molar-refractivity contribution is 9.12. The van der Waals surface area contributed by atoms with Crippen LogP contribution in [0.15, 0.2) is 34.6 Å². The average molecular weight is 265 g/mol. The summed E-state index contributed by atoms with van der Waals surface area (Å²) in [5, 5.41) is 1.59. The van der Waals surface area contributed by atoms with Crippen molar-refractivity contribution in [2.24, 2.45) is 0 Å². The lowest BCUT2D eigenvalue weighted by molar-refractivity contribution is 0.219. The Morgan fingerprint density at radius 2 is 1.92 bits per heavy atom. The second kappa shape index (κ2) is 3.10. The van der Waals surface area contributed by atoms with Crippen LogP contribution in [0.3, 0.4) is 0 Å². The Bertz CT molecular complexity index is 357. The zero-order valence-electron chi connectivity index (χ0n) is 6.55. The molecule has 0 nitrogen and oxygen atoms in total. The Hall–Kier alpha value is -0.350. The van der Waals surface area contributed by atoms with Crippen LogP contribution in [0.25, 0.3) is 6.08 Å². The SMILES string of the molecule is FC(F)(Br)[SH]1C=Cc2ccccc21. The lowest BCUT2D eigenvalue weighted by atomic mass is 10.2. The van der Waals surface area contributed by atoms with Gasteiger partial charge in [0.05, 0.1) is 0 Å². The first-order valence-corrected chi connectivity index (χ1v) is 5.93.